The van der Waals surface area contributed by atoms with Gasteiger partial charge >= 0.3 is 7.60 Å². The van der Waals surface area contributed by atoms with Gasteiger partial charge in [0.2, 0.25) is 5.95 Å². The number of methoxy groups -OCH3 is 1. The first-order valence-electron chi connectivity index (χ1n) is 7.14. The van der Waals surface area contributed by atoms with Crippen LogP contribution in [0.5, 0.6) is 0 Å². The maximum Gasteiger partial charge on any atom is 0.325 e. The maximum atomic E-state index is 11.8. The fraction of sp³-hybridized carbons (Fsp3) is 0.583. The van der Waals surface area contributed by atoms with Gasteiger partial charge in [-0.15, -0.1) is 0 Å². The number of nitrogens with two attached hydrogens (primary N) is 1. The summed E-state index contributed by atoms with van der Waals surface area (Å²) in [4.78, 5) is 31.8. The van der Waals surface area contributed by atoms with Gasteiger partial charge in [0.05, 0.1) is 19.0 Å². The number of nitrogens with zero attached hydrogens (tertiary/aromatic N) is 3. The second-order valence-corrected chi connectivity index (χ2v) is 7.36. The number of fused-ring (bicyclic) bond motifs is 1. The SMILES string of the molecule is COCC1OC(n2cnc3c(=O)[nH]c(N)nc32)CC1OP(C)(=O)O. The summed E-state index contributed by atoms with van der Waals surface area (Å²) in [6.45, 7) is 1.29. The first-order valence-corrected chi connectivity index (χ1v) is 9.16. The van der Waals surface area contributed by atoms with Crippen molar-refractivity contribution in [1.29, 1.82) is 0 Å². The molecule has 0 saturated carbocycles. The average Bonchev–Trinajstić information content (AvgIpc) is 3.02. The first-order chi connectivity index (χ1) is 11.3. The Morgan fingerprint density at radius 2 is 2.38 bits per heavy atom. The van der Waals surface area contributed by atoms with Gasteiger partial charge in [0, 0.05) is 20.2 Å². The quantitative estimate of drug-likeness (QED) is 0.617. The van der Waals surface area contributed by atoms with Crippen molar-refractivity contribution in [2.45, 2.75) is 24.9 Å². The van der Waals surface area contributed by atoms with Crippen LogP contribution in [0.25, 0.3) is 11.2 Å². The van der Waals surface area contributed by atoms with Gasteiger partial charge in [0.15, 0.2) is 11.2 Å². The lowest BCUT2D eigenvalue weighted by Crippen LogP contribution is -2.27. The monoisotopic (exact) mass is 359 g/mol. The minimum absolute atomic E-state index is 0.0399. The molecule has 1 aliphatic rings. The van der Waals surface area contributed by atoms with Crippen LogP contribution >= 0.6 is 7.60 Å². The van der Waals surface area contributed by atoms with Gasteiger partial charge < -0.3 is 24.6 Å². The number of ether oxygens (including phenoxy) is 2. The maximum absolute atomic E-state index is 11.8. The lowest BCUT2D eigenvalue weighted by molar-refractivity contribution is -0.0493. The van der Waals surface area contributed by atoms with Gasteiger partial charge in [0.1, 0.15) is 12.3 Å². The van der Waals surface area contributed by atoms with Crippen LogP contribution in [-0.4, -0.2) is 57.0 Å². The molecule has 1 aliphatic heterocycles. The van der Waals surface area contributed by atoms with Crippen molar-refractivity contribution in [2.75, 3.05) is 26.1 Å². The Bertz CT molecular complexity index is 844. The third-order valence-electron chi connectivity index (χ3n) is 3.60. The zero-order chi connectivity index (χ0) is 17.5. The molecule has 12 heteroatoms. The molecule has 0 aliphatic carbocycles. The second kappa shape index (κ2) is 6.26. The molecule has 1 saturated heterocycles. The Labute approximate surface area is 136 Å². The van der Waals surface area contributed by atoms with Gasteiger partial charge in [-0.2, -0.15) is 4.98 Å². The van der Waals surface area contributed by atoms with E-state index < -0.39 is 31.6 Å². The highest BCUT2D eigenvalue weighted by atomic mass is 31.2. The fourth-order valence-corrected chi connectivity index (χ4v) is 3.43. The third kappa shape index (κ3) is 3.35. The molecule has 24 heavy (non-hydrogen) atoms. The van der Waals surface area contributed by atoms with Gasteiger partial charge in [0.25, 0.3) is 5.56 Å². The Hall–Kier alpha value is -1.78. The second-order valence-electron chi connectivity index (χ2n) is 5.54. The van der Waals surface area contributed by atoms with Crippen molar-refractivity contribution in [1.82, 2.24) is 19.5 Å². The van der Waals surface area contributed by atoms with Crippen LogP contribution in [0.3, 0.4) is 0 Å². The van der Waals surface area contributed by atoms with Crippen LogP contribution in [0, 0.1) is 0 Å². The van der Waals surface area contributed by atoms with Crippen LogP contribution in [0.15, 0.2) is 11.1 Å². The molecule has 0 spiro atoms. The summed E-state index contributed by atoms with van der Waals surface area (Å²) in [5, 5.41) is 0. The standard InChI is InChI=1S/C12H18N5O6P/c1-21-4-7-6(23-24(2,19)20)3-8(22-7)17-5-14-9-10(17)15-12(13)16-11(9)18/h5-8H,3-4H2,1-2H3,(H,19,20)(H3,13,15,16,18). The molecule has 0 bridgehead atoms. The highest BCUT2D eigenvalue weighted by Crippen LogP contribution is 2.44. The Morgan fingerprint density at radius 3 is 3.04 bits per heavy atom. The van der Waals surface area contributed by atoms with Gasteiger partial charge in [-0.25, -0.2) is 4.98 Å². The molecule has 0 radical (unpaired) electrons. The van der Waals surface area contributed by atoms with Crippen LogP contribution in [0.1, 0.15) is 12.6 Å². The summed E-state index contributed by atoms with van der Waals surface area (Å²) in [5.74, 6) is -0.0399. The van der Waals surface area contributed by atoms with Crippen molar-refractivity contribution in [2.24, 2.45) is 0 Å². The third-order valence-corrected chi connectivity index (χ3v) is 4.27. The normalized spacial score (nSPS) is 26.7. The van der Waals surface area contributed by atoms with E-state index in [1.165, 1.54) is 13.4 Å². The highest BCUT2D eigenvalue weighted by Gasteiger charge is 2.40. The van der Waals surface area contributed by atoms with Crippen molar-refractivity contribution < 1.29 is 23.5 Å². The van der Waals surface area contributed by atoms with Gasteiger partial charge in [-0.1, -0.05) is 0 Å². The van der Waals surface area contributed by atoms with Crippen molar-refractivity contribution in [3.63, 3.8) is 0 Å². The largest absolute Gasteiger partial charge is 0.382 e. The summed E-state index contributed by atoms with van der Waals surface area (Å²) in [5.41, 5.74) is 5.51. The summed E-state index contributed by atoms with van der Waals surface area (Å²) in [6.07, 6.45) is -0.0924. The minimum Gasteiger partial charge on any atom is -0.382 e. The molecule has 0 aromatic carbocycles. The molecule has 3 rings (SSSR count). The number of anilines is 1. The topological polar surface area (TPSA) is 155 Å². The summed E-state index contributed by atoms with van der Waals surface area (Å²) in [6, 6.07) is 0. The zero-order valence-electron chi connectivity index (χ0n) is 13.1. The van der Waals surface area contributed by atoms with E-state index >= 15 is 0 Å². The van der Waals surface area contributed by atoms with Crippen LogP contribution < -0.4 is 11.3 Å². The van der Waals surface area contributed by atoms with Crippen molar-refractivity contribution >= 4 is 24.7 Å². The van der Waals surface area contributed by atoms with Crippen LogP contribution in [0.4, 0.5) is 5.95 Å². The Kier molecular flexibility index (Phi) is 4.45. The van der Waals surface area contributed by atoms with Crippen LogP contribution in [-0.2, 0) is 18.6 Å². The lowest BCUT2D eigenvalue weighted by Gasteiger charge is -2.19. The predicted molar refractivity (Wildman–Crippen MR) is 83.6 cm³/mol. The molecule has 1 fully saturated rings. The average molecular weight is 359 g/mol. The van der Waals surface area contributed by atoms with Crippen molar-refractivity contribution in [3.05, 3.63) is 16.7 Å². The number of imidazole rings is 1. The van der Waals surface area contributed by atoms with E-state index in [-0.39, 0.29) is 30.1 Å². The number of aromatic nitrogens is 4. The molecule has 4 atom stereocenters. The molecular formula is C12H18N5O6P. The number of hydrogen-bond donors (Lipinski definition) is 3. The van der Waals surface area contributed by atoms with Crippen LogP contribution in [0.2, 0.25) is 0 Å². The van der Waals surface area contributed by atoms with E-state index in [4.69, 9.17) is 19.7 Å². The summed E-state index contributed by atoms with van der Waals surface area (Å²) in [7, 11) is -2.20. The van der Waals surface area contributed by atoms with E-state index in [2.05, 4.69) is 15.0 Å². The molecule has 0 amide bonds. The summed E-state index contributed by atoms with van der Waals surface area (Å²) >= 11 is 0. The minimum atomic E-state index is -3.69. The molecule has 4 unspecified atom stereocenters. The predicted octanol–water partition coefficient (Wildman–Crippen LogP) is -0.164. The number of hydrogen-bond acceptors (Lipinski definition) is 8. The van der Waals surface area contributed by atoms with Gasteiger partial charge in [-0.05, 0) is 0 Å². The zero-order valence-corrected chi connectivity index (χ0v) is 14.0. The number of H-pyrrole nitrogens is 1. The smallest absolute Gasteiger partial charge is 0.325 e. The Morgan fingerprint density at radius 1 is 1.62 bits per heavy atom. The van der Waals surface area contributed by atoms with Gasteiger partial charge in [-0.3, -0.25) is 18.9 Å². The lowest BCUT2D eigenvalue weighted by atomic mass is 10.2. The van der Waals surface area contributed by atoms with E-state index in [1.54, 1.807) is 4.57 Å². The number of nitrogens with one attached hydrogen (secondary N) is 1. The van der Waals surface area contributed by atoms with E-state index in [0.717, 1.165) is 6.66 Å². The fourth-order valence-electron chi connectivity index (χ4n) is 2.70. The summed E-state index contributed by atoms with van der Waals surface area (Å²) < 4.78 is 29.2. The number of nitrogen functional groups attached to an aromatic ring is 1. The molecule has 4 N–H and O–H groups in total. The van der Waals surface area contributed by atoms with Crippen molar-refractivity contribution in [3.8, 4) is 0 Å². The molecule has 3 heterocycles. The van der Waals surface area contributed by atoms with E-state index in [9.17, 15) is 14.3 Å². The van der Waals surface area contributed by atoms with E-state index in [0.29, 0.717) is 0 Å². The van der Waals surface area contributed by atoms with E-state index in [1.807, 2.05) is 0 Å². The Balaban J connectivity index is 1.93. The molecular weight excluding hydrogens is 341 g/mol. The first kappa shape index (κ1) is 17.1. The molecule has 2 aromatic rings. The molecule has 2 aromatic heterocycles. The highest BCUT2D eigenvalue weighted by molar-refractivity contribution is 7.51. The molecule has 11 nitrogen and oxygen atoms in total. The number of aromatic amines is 1. The number of rotatable bonds is 5. The molecule has 132 valence electrons.